The molecule has 33 heavy (non-hydrogen) atoms. The molecule has 0 fully saturated rings. The van der Waals surface area contributed by atoms with Gasteiger partial charge < -0.3 is 10.6 Å². The zero-order valence-electron chi connectivity index (χ0n) is 17.4. The molecular formula is C24H19IN6OS. The zero-order valence-corrected chi connectivity index (χ0v) is 20.4. The Morgan fingerprint density at radius 1 is 1.00 bits per heavy atom. The highest BCUT2D eigenvalue weighted by Crippen LogP contribution is 2.23. The third-order valence-corrected chi connectivity index (χ3v) is 6.27. The number of benzene rings is 3. The number of nitrogens with one attached hydrogen (secondary N) is 2. The maximum atomic E-state index is 12.5. The molecule has 0 radical (unpaired) electrons. The maximum Gasteiger partial charge on any atom is 0.234 e. The van der Waals surface area contributed by atoms with Crippen molar-refractivity contribution in [3.05, 3.63) is 93.8 Å². The highest BCUT2D eigenvalue weighted by molar-refractivity contribution is 14.1. The fourth-order valence-corrected chi connectivity index (χ4v) is 4.22. The van der Waals surface area contributed by atoms with E-state index in [9.17, 15) is 4.79 Å². The van der Waals surface area contributed by atoms with Crippen molar-refractivity contribution in [2.24, 2.45) is 0 Å². The summed E-state index contributed by atoms with van der Waals surface area (Å²) in [5, 5.41) is 24.6. The molecule has 2 N–H and O–H groups in total. The number of amides is 1. The molecule has 164 valence electrons. The molecule has 0 saturated carbocycles. The van der Waals surface area contributed by atoms with Crippen molar-refractivity contribution in [2.45, 2.75) is 11.7 Å². The molecule has 0 saturated heterocycles. The number of nitriles is 1. The van der Waals surface area contributed by atoms with Gasteiger partial charge in [0.25, 0.3) is 0 Å². The van der Waals surface area contributed by atoms with Crippen LogP contribution in [0.25, 0.3) is 5.69 Å². The largest absolute Gasteiger partial charge is 0.378 e. The molecule has 1 heterocycles. The van der Waals surface area contributed by atoms with E-state index in [2.05, 4.69) is 49.5 Å². The van der Waals surface area contributed by atoms with Crippen LogP contribution in [0.4, 0.5) is 11.4 Å². The molecule has 1 aromatic heterocycles. The van der Waals surface area contributed by atoms with E-state index in [0.29, 0.717) is 23.0 Å². The Bertz CT molecular complexity index is 1280. The lowest BCUT2D eigenvalue weighted by Gasteiger charge is -2.11. The molecule has 0 unspecified atom stereocenters. The Kier molecular flexibility index (Phi) is 7.59. The number of thioether (sulfide) groups is 1. The lowest BCUT2D eigenvalue weighted by atomic mass is 10.2. The molecule has 0 bridgehead atoms. The van der Waals surface area contributed by atoms with Gasteiger partial charge >= 0.3 is 0 Å². The van der Waals surface area contributed by atoms with E-state index in [4.69, 9.17) is 5.26 Å². The van der Waals surface area contributed by atoms with Gasteiger partial charge in [-0.05, 0) is 77.2 Å². The second-order valence-electron chi connectivity index (χ2n) is 6.96. The molecule has 1 amide bonds. The van der Waals surface area contributed by atoms with E-state index < -0.39 is 0 Å². The number of carbonyl (C=O) groups is 1. The number of nitrogens with zero attached hydrogens (tertiary/aromatic N) is 4. The van der Waals surface area contributed by atoms with Crippen molar-refractivity contribution in [3.63, 3.8) is 0 Å². The molecule has 0 aliphatic carbocycles. The fraction of sp³-hybridized carbons (Fsp3) is 0.0833. The first-order valence-corrected chi connectivity index (χ1v) is 12.1. The van der Waals surface area contributed by atoms with Crippen molar-refractivity contribution in [1.29, 1.82) is 5.26 Å². The SMILES string of the molecule is N#Cc1cccc(NC(=O)CSc2nnc(CNc3ccc(I)cc3)n2-c2ccccc2)c1. The highest BCUT2D eigenvalue weighted by atomic mass is 127. The number of hydrogen-bond donors (Lipinski definition) is 2. The molecule has 0 aliphatic heterocycles. The van der Waals surface area contributed by atoms with Gasteiger partial charge in [0.2, 0.25) is 5.91 Å². The van der Waals surface area contributed by atoms with Crippen molar-refractivity contribution in [3.8, 4) is 11.8 Å². The third kappa shape index (κ3) is 6.12. The normalized spacial score (nSPS) is 10.4. The van der Waals surface area contributed by atoms with E-state index in [-0.39, 0.29) is 11.7 Å². The Hall–Kier alpha value is -3.36. The van der Waals surface area contributed by atoms with E-state index in [1.807, 2.05) is 59.2 Å². The lowest BCUT2D eigenvalue weighted by molar-refractivity contribution is -0.113. The molecule has 9 heteroatoms. The Labute approximate surface area is 209 Å². The maximum absolute atomic E-state index is 12.5. The monoisotopic (exact) mass is 566 g/mol. The Morgan fingerprint density at radius 3 is 2.55 bits per heavy atom. The summed E-state index contributed by atoms with van der Waals surface area (Å²) in [6.45, 7) is 0.482. The van der Waals surface area contributed by atoms with Crippen LogP contribution in [0.2, 0.25) is 0 Å². The zero-order chi connectivity index (χ0) is 23.0. The minimum Gasteiger partial charge on any atom is -0.378 e. The smallest absolute Gasteiger partial charge is 0.234 e. The number of halogens is 1. The summed E-state index contributed by atoms with van der Waals surface area (Å²) >= 11 is 3.58. The van der Waals surface area contributed by atoms with Crippen molar-refractivity contribution < 1.29 is 4.79 Å². The first kappa shape index (κ1) is 22.8. The summed E-state index contributed by atoms with van der Waals surface area (Å²) in [7, 11) is 0. The van der Waals surface area contributed by atoms with Crippen LogP contribution in [0.5, 0.6) is 0 Å². The average Bonchev–Trinajstić information content (AvgIpc) is 3.26. The lowest BCUT2D eigenvalue weighted by Crippen LogP contribution is -2.15. The second-order valence-corrected chi connectivity index (χ2v) is 9.15. The first-order chi connectivity index (χ1) is 16.1. The van der Waals surface area contributed by atoms with E-state index >= 15 is 0 Å². The van der Waals surface area contributed by atoms with E-state index in [0.717, 1.165) is 17.2 Å². The number of aromatic nitrogens is 3. The summed E-state index contributed by atoms with van der Waals surface area (Å²) in [6.07, 6.45) is 0. The van der Waals surface area contributed by atoms with E-state index in [1.165, 1.54) is 15.3 Å². The number of para-hydroxylation sites is 1. The number of carbonyl (C=O) groups excluding carboxylic acids is 1. The summed E-state index contributed by atoms with van der Waals surface area (Å²) in [5.74, 6) is 0.715. The van der Waals surface area contributed by atoms with Gasteiger partial charge in [0, 0.05) is 20.6 Å². The molecule has 4 aromatic rings. The average molecular weight is 566 g/mol. The quantitative estimate of drug-likeness (QED) is 0.228. The number of hydrogen-bond acceptors (Lipinski definition) is 6. The van der Waals surface area contributed by atoms with Gasteiger partial charge in [-0.2, -0.15) is 5.26 Å². The third-order valence-electron chi connectivity index (χ3n) is 4.62. The molecule has 0 spiro atoms. The fourth-order valence-electron chi connectivity index (χ4n) is 3.09. The second kappa shape index (κ2) is 11.0. The van der Waals surface area contributed by atoms with Crippen LogP contribution in [0, 0.1) is 14.9 Å². The van der Waals surface area contributed by atoms with Gasteiger partial charge in [-0.15, -0.1) is 10.2 Å². The molecule has 4 rings (SSSR count). The Balaban J connectivity index is 1.48. The first-order valence-electron chi connectivity index (χ1n) is 10.0. The topological polar surface area (TPSA) is 95.6 Å². The van der Waals surface area contributed by atoms with Gasteiger partial charge in [-0.1, -0.05) is 36.0 Å². The molecule has 7 nitrogen and oxygen atoms in total. The standard InChI is InChI=1S/C24H19IN6OS/c25-18-9-11-19(12-10-18)27-15-22-29-30-24(31(22)21-7-2-1-3-8-21)33-16-23(32)28-20-6-4-5-17(13-20)14-26/h1-13,27H,15-16H2,(H,28,32). The highest BCUT2D eigenvalue weighted by Gasteiger charge is 2.16. The van der Waals surface area contributed by atoms with Gasteiger partial charge in [0.15, 0.2) is 11.0 Å². The van der Waals surface area contributed by atoms with Crippen molar-refractivity contribution in [2.75, 3.05) is 16.4 Å². The van der Waals surface area contributed by atoms with Crippen LogP contribution in [-0.2, 0) is 11.3 Å². The number of rotatable bonds is 8. The van der Waals surface area contributed by atoms with Crippen LogP contribution in [0.3, 0.4) is 0 Å². The Morgan fingerprint density at radius 2 is 1.79 bits per heavy atom. The van der Waals surface area contributed by atoms with Gasteiger partial charge in [0.1, 0.15) is 0 Å². The minimum atomic E-state index is -0.184. The number of anilines is 2. The minimum absolute atomic E-state index is 0.159. The summed E-state index contributed by atoms with van der Waals surface area (Å²) in [5.41, 5.74) is 3.00. The summed E-state index contributed by atoms with van der Waals surface area (Å²) < 4.78 is 3.12. The van der Waals surface area contributed by atoms with Crippen molar-refractivity contribution >= 4 is 51.6 Å². The van der Waals surface area contributed by atoms with Gasteiger partial charge in [-0.3, -0.25) is 9.36 Å². The predicted molar refractivity (Wildman–Crippen MR) is 138 cm³/mol. The molecule has 0 aliphatic rings. The van der Waals surface area contributed by atoms with Crippen LogP contribution in [-0.4, -0.2) is 26.4 Å². The summed E-state index contributed by atoms with van der Waals surface area (Å²) in [4.78, 5) is 12.5. The molecule has 3 aromatic carbocycles. The predicted octanol–water partition coefficient (Wildman–Crippen LogP) is 5.09. The van der Waals surface area contributed by atoms with Gasteiger partial charge in [0.05, 0.1) is 23.9 Å². The van der Waals surface area contributed by atoms with Crippen LogP contribution in [0.15, 0.2) is 84.0 Å². The van der Waals surface area contributed by atoms with Crippen LogP contribution in [0.1, 0.15) is 11.4 Å². The van der Waals surface area contributed by atoms with Crippen molar-refractivity contribution in [1.82, 2.24) is 14.8 Å². The summed E-state index contributed by atoms with van der Waals surface area (Å²) in [6, 6.07) is 26.8. The van der Waals surface area contributed by atoms with Gasteiger partial charge in [-0.25, -0.2) is 0 Å². The van der Waals surface area contributed by atoms with E-state index in [1.54, 1.807) is 24.3 Å². The molecular weight excluding hydrogens is 547 g/mol. The van der Waals surface area contributed by atoms with Crippen LogP contribution < -0.4 is 10.6 Å². The molecule has 0 atom stereocenters. The van der Waals surface area contributed by atoms with Crippen LogP contribution >= 0.6 is 34.4 Å².